The zero-order chi connectivity index (χ0) is 14.1. The van der Waals surface area contributed by atoms with Gasteiger partial charge in [-0.05, 0) is 52.1 Å². The van der Waals surface area contributed by atoms with Crippen molar-refractivity contribution in [1.82, 2.24) is 20.0 Å². The normalized spacial score (nSPS) is 22.4. The molecule has 20 heavy (non-hydrogen) atoms. The Labute approximate surface area is 120 Å². The Hall–Kier alpha value is -1.36. The van der Waals surface area contributed by atoms with Crippen LogP contribution in [0.25, 0.3) is 0 Å². The Balaban J connectivity index is 1.69. The summed E-state index contributed by atoms with van der Waals surface area (Å²) >= 11 is 0. The van der Waals surface area contributed by atoms with Crippen LogP contribution in [0.5, 0.6) is 0 Å². The van der Waals surface area contributed by atoms with Crippen molar-refractivity contribution < 1.29 is 4.79 Å². The van der Waals surface area contributed by atoms with Gasteiger partial charge < -0.3 is 9.80 Å². The van der Waals surface area contributed by atoms with Crippen molar-refractivity contribution in [3.63, 3.8) is 0 Å². The van der Waals surface area contributed by atoms with E-state index in [0.29, 0.717) is 11.6 Å². The van der Waals surface area contributed by atoms with Crippen LogP contribution in [0.2, 0.25) is 0 Å². The molecule has 1 aliphatic heterocycles. The fraction of sp³-hybridized carbons (Fsp3) is 0.733. The number of carbonyl (C=O) groups excluding carboxylic acids is 1. The van der Waals surface area contributed by atoms with Crippen LogP contribution in [-0.4, -0.2) is 59.6 Å². The molecule has 3 rings (SSSR count). The molecule has 1 saturated heterocycles. The summed E-state index contributed by atoms with van der Waals surface area (Å²) in [6.07, 6.45) is 5.53. The van der Waals surface area contributed by atoms with Crippen molar-refractivity contribution in [2.24, 2.45) is 5.92 Å². The van der Waals surface area contributed by atoms with Crippen LogP contribution in [0.1, 0.15) is 41.0 Å². The van der Waals surface area contributed by atoms with E-state index < -0.39 is 0 Å². The lowest BCUT2D eigenvalue weighted by molar-refractivity contribution is 0.0778. The van der Waals surface area contributed by atoms with E-state index in [1.165, 1.54) is 24.1 Å². The van der Waals surface area contributed by atoms with Gasteiger partial charge in [-0.1, -0.05) is 0 Å². The monoisotopic (exact) mass is 276 g/mol. The Morgan fingerprint density at radius 1 is 1.40 bits per heavy atom. The predicted molar refractivity (Wildman–Crippen MR) is 77.8 cm³/mol. The van der Waals surface area contributed by atoms with Gasteiger partial charge in [0, 0.05) is 30.9 Å². The largest absolute Gasteiger partial charge is 0.337 e. The quantitative estimate of drug-likeness (QED) is 0.905. The van der Waals surface area contributed by atoms with Gasteiger partial charge in [-0.3, -0.25) is 9.89 Å². The molecule has 0 saturated carbocycles. The molecule has 2 aliphatic rings. The van der Waals surface area contributed by atoms with Crippen LogP contribution >= 0.6 is 0 Å². The molecule has 1 aliphatic carbocycles. The second-order valence-corrected chi connectivity index (χ2v) is 6.40. The number of carbonyl (C=O) groups is 1. The maximum atomic E-state index is 12.6. The first kappa shape index (κ1) is 13.6. The molecule has 0 aromatic carbocycles. The van der Waals surface area contributed by atoms with Crippen LogP contribution in [0.3, 0.4) is 0 Å². The number of nitrogens with one attached hydrogen (secondary N) is 1. The van der Waals surface area contributed by atoms with Gasteiger partial charge >= 0.3 is 0 Å². The molecule has 0 radical (unpaired) electrons. The summed E-state index contributed by atoms with van der Waals surface area (Å²) in [5.74, 6) is 0.731. The number of aromatic nitrogens is 2. The lowest BCUT2D eigenvalue weighted by Crippen LogP contribution is -2.31. The minimum absolute atomic E-state index is 0.130. The number of hydrogen-bond donors (Lipinski definition) is 1. The van der Waals surface area contributed by atoms with Crippen molar-refractivity contribution in [2.75, 3.05) is 33.7 Å². The van der Waals surface area contributed by atoms with Crippen molar-refractivity contribution >= 4 is 5.91 Å². The van der Waals surface area contributed by atoms with Crippen molar-refractivity contribution in [1.29, 1.82) is 0 Å². The van der Waals surface area contributed by atoms with Crippen LogP contribution in [0.4, 0.5) is 0 Å². The second kappa shape index (κ2) is 5.56. The topological polar surface area (TPSA) is 52.2 Å². The summed E-state index contributed by atoms with van der Waals surface area (Å²) in [7, 11) is 4.18. The number of nitrogens with zero attached hydrogens (tertiary/aromatic N) is 3. The van der Waals surface area contributed by atoms with Crippen molar-refractivity contribution in [3.8, 4) is 0 Å². The highest BCUT2D eigenvalue weighted by atomic mass is 16.2. The first-order valence-electron chi connectivity index (χ1n) is 7.65. The van der Waals surface area contributed by atoms with Gasteiger partial charge in [-0.25, -0.2) is 0 Å². The zero-order valence-electron chi connectivity index (χ0n) is 12.5. The van der Waals surface area contributed by atoms with E-state index in [-0.39, 0.29) is 5.91 Å². The zero-order valence-corrected chi connectivity index (χ0v) is 12.5. The van der Waals surface area contributed by atoms with E-state index in [1.54, 1.807) is 0 Å². The van der Waals surface area contributed by atoms with Crippen molar-refractivity contribution in [2.45, 2.75) is 32.1 Å². The summed E-state index contributed by atoms with van der Waals surface area (Å²) in [4.78, 5) is 16.8. The van der Waals surface area contributed by atoms with E-state index in [0.717, 1.165) is 38.9 Å². The highest BCUT2D eigenvalue weighted by molar-refractivity contribution is 5.94. The Morgan fingerprint density at radius 3 is 3.00 bits per heavy atom. The predicted octanol–water partition coefficient (Wildman–Crippen LogP) is 1.31. The molecule has 1 atom stereocenters. The maximum absolute atomic E-state index is 12.6. The number of H-pyrrole nitrogens is 1. The van der Waals surface area contributed by atoms with E-state index in [1.807, 2.05) is 4.90 Å². The molecule has 1 fully saturated rings. The van der Waals surface area contributed by atoms with Crippen molar-refractivity contribution in [3.05, 3.63) is 17.0 Å². The summed E-state index contributed by atoms with van der Waals surface area (Å²) in [6, 6.07) is 0. The molecular formula is C15H24N4O. The summed E-state index contributed by atoms with van der Waals surface area (Å²) in [5.41, 5.74) is 3.05. The fourth-order valence-electron chi connectivity index (χ4n) is 3.49. The summed E-state index contributed by atoms with van der Waals surface area (Å²) in [5, 5.41) is 7.37. The van der Waals surface area contributed by atoms with E-state index in [4.69, 9.17) is 0 Å². The van der Waals surface area contributed by atoms with Gasteiger partial charge in [0.25, 0.3) is 5.91 Å². The summed E-state index contributed by atoms with van der Waals surface area (Å²) in [6.45, 7) is 2.81. The number of aryl methyl sites for hydroxylation is 1. The molecule has 5 heteroatoms. The number of likely N-dealkylation sites (tertiary alicyclic amines) is 1. The maximum Gasteiger partial charge on any atom is 0.274 e. The van der Waals surface area contributed by atoms with Crippen LogP contribution < -0.4 is 0 Å². The second-order valence-electron chi connectivity index (χ2n) is 6.40. The van der Waals surface area contributed by atoms with Gasteiger partial charge in [0.05, 0.1) is 0 Å². The summed E-state index contributed by atoms with van der Waals surface area (Å²) < 4.78 is 0. The molecule has 0 spiro atoms. The Morgan fingerprint density at radius 2 is 2.20 bits per heavy atom. The first-order valence-corrected chi connectivity index (χ1v) is 7.65. The molecule has 110 valence electrons. The fourth-order valence-corrected chi connectivity index (χ4v) is 3.49. The van der Waals surface area contributed by atoms with E-state index >= 15 is 0 Å². The van der Waals surface area contributed by atoms with Gasteiger partial charge in [-0.2, -0.15) is 5.10 Å². The molecule has 1 amide bonds. The van der Waals surface area contributed by atoms with Gasteiger partial charge in [0.2, 0.25) is 0 Å². The highest BCUT2D eigenvalue weighted by Crippen LogP contribution is 2.25. The van der Waals surface area contributed by atoms with E-state index in [2.05, 4.69) is 29.2 Å². The lowest BCUT2D eigenvalue weighted by atomic mass is 9.95. The third-order valence-electron chi connectivity index (χ3n) is 4.46. The SMILES string of the molecule is CN(C)CC1CCN(C(=O)c2n[nH]c3c2CCCC3)C1. The number of aromatic amines is 1. The Kier molecular flexibility index (Phi) is 3.78. The van der Waals surface area contributed by atoms with Gasteiger partial charge in [0.15, 0.2) is 5.69 Å². The minimum atomic E-state index is 0.130. The number of fused-ring (bicyclic) bond motifs is 1. The van der Waals surface area contributed by atoms with Gasteiger partial charge in [-0.15, -0.1) is 0 Å². The number of hydrogen-bond acceptors (Lipinski definition) is 3. The first-order chi connectivity index (χ1) is 9.65. The molecule has 1 unspecified atom stereocenters. The molecule has 5 nitrogen and oxygen atoms in total. The smallest absolute Gasteiger partial charge is 0.274 e. The Bertz CT molecular complexity index is 494. The molecule has 1 aromatic heterocycles. The highest BCUT2D eigenvalue weighted by Gasteiger charge is 2.31. The van der Waals surface area contributed by atoms with Crippen LogP contribution in [0.15, 0.2) is 0 Å². The molecule has 2 heterocycles. The molecule has 1 aromatic rings. The average Bonchev–Trinajstić information content (AvgIpc) is 3.03. The third-order valence-corrected chi connectivity index (χ3v) is 4.46. The average molecular weight is 276 g/mol. The minimum Gasteiger partial charge on any atom is -0.337 e. The number of rotatable bonds is 3. The number of amides is 1. The molecule has 1 N–H and O–H groups in total. The molecular weight excluding hydrogens is 252 g/mol. The van der Waals surface area contributed by atoms with Crippen LogP contribution in [0, 0.1) is 5.92 Å². The molecule has 0 bridgehead atoms. The standard InChI is InChI=1S/C15H24N4O/c1-18(2)9-11-7-8-19(10-11)15(20)14-12-5-3-4-6-13(12)16-17-14/h11H,3-10H2,1-2H3,(H,16,17). The lowest BCUT2D eigenvalue weighted by Gasteiger charge is -2.19. The van der Waals surface area contributed by atoms with Gasteiger partial charge in [0.1, 0.15) is 0 Å². The van der Waals surface area contributed by atoms with E-state index in [9.17, 15) is 4.79 Å². The third kappa shape index (κ3) is 2.59. The van der Waals surface area contributed by atoms with Crippen LogP contribution in [-0.2, 0) is 12.8 Å².